The predicted molar refractivity (Wildman–Crippen MR) is 72.2 cm³/mol. The molecule has 0 bridgehead atoms. The number of sulfone groups is 1. The van der Waals surface area contributed by atoms with Crippen molar-refractivity contribution in [2.45, 2.75) is 25.3 Å². The first kappa shape index (κ1) is 15.9. The third-order valence-electron chi connectivity index (χ3n) is 3.83. The molecule has 9 heteroatoms. The van der Waals surface area contributed by atoms with Gasteiger partial charge in [-0.3, -0.25) is 24.2 Å². The summed E-state index contributed by atoms with van der Waals surface area (Å²) in [6.07, 6.45) is 0.767. The number of carbonyl (C=O) groups excluding carboxylic acids is 2. The molecule has 0 saturated carbocycles. The molecule has 2 aliphatic heterocycles. The number of carboxylic acids is 1. The van der Waals surface area contributed by atoms with Gasteiger partial charge in [0.25, 0.3) is 0 Å². The van der Waals surface area contributed by atoms with Crippen LogP contribution in [0.15, 0.2) is 0 Å². The van der Waals surface area contributed by atoms with Crippen LogP contribution in [0, 0.1) is 0 Å². The summed E-state index contributed by atoms with van der Waals surface area (Å²) in [5.74, 6) is -1.58. The molecule has 2 saturated heterocycles. The Labute approximate surface area is 122 Å². The maximum atomic E-state index is 11.5. The summed E-state index contributed by atoms with van der Waals surface area (Å²) >= 11 is 0. The largest absolute Gasteiger partial charge is 0.480 e. The van der Waals surface area contributed by atoms with Gasteiger partial charge in [0.1, 0.15) is 0 Å². The maximum absolute atomic E-state index is 11.5. The van der Waals surface area contributed by atoms with E-state index in [-0.39, 0.29) is 61.8 Å². The number of aliphatic carboxylic acids is 1. The van der Waals surface area contributed by atoms with Crippen LogP contribution in [0.4, 0.5) is 0 Å². The first-order valence-corrected chi connectivity index (χ1v) is 8.60. The molecule has 2 rings (SSSR count). The quantitative estimate of drug-likeness (QED) is 0.606. The summed E-state index contributed by atoms with van der Waals surface area (Å²) in [4.78, 5) is 36.6. The van der Waals surface area contributed by atoms with Gasteiger partial charge in [-0.2, -0.15) is 0 Å². The zero-order valence-electron chi connectivity index (χ0n) is 11.5. The van der Waals surface area contributed by atoms with Gasteiger partial charge in [-0.15, -0.1) is 0 Å². The molecule has 2 aliphatic rings. The Bertz CT molecular complexity index is 542. The molecule has 0 radical (unpaired) electrons. The standard InChI is InChI=1S/C12H18N2O6S/c15-10-1-2-11(16)14(10)5-4-13(7-12(17)18)9-3-6-21(19,20)8-9/h9H,1-8H2,(H,17,18). The first-order valence-electron chi connectivity index (χ1n) is 6.78. The number of imide groups is 1. The van der Waals surface area contributed by atoms with Gasteiger partial charge >= 0.3 is 5.97 Å². The molecule has 1 atom stereocenters. The van der Waals surface area contributed by atoms with Crippen LogP contribution in [0.25, 0.3) is 0 Å². The first-order chi connectivity index (χ1) is 9.78. The lowest BCUT2D eigenvalue weighted by Gasteiger charge is -2.27. The van der Waals surface area contributed by atoms with Crippen LogP contribution in [0.3, 0.4) is 0 Å². The van der Waals surface area contributed by atoms with Crippen molar-refractivity contribution in [3.8, 4) is 0 Å². The van der Waals surface area contributed by atoms with Crippen molar-refractivity contribution < 1.29 is 27.9 Å². The molecule has 1 N–H and O–H groups in total. The molecule has 118 valence electrons. The Morgan fingerprint density at radius 3 is 2.38 bits per heavy atom. The van der Waals surface area contributed by atoms with Gasteiger partial charge in [0, 0.05) is 32.0 Å². The molecule has 0 aliphatic carbocycles. The smallest absolute Gasteiger partial charge is 0.317 e. The average Bonchev–Trinajstić information content (AvgIpc) is 2.89. The lowest BCUT2D eigenvalue weighted by Crippen LogP contribution is -2.45. The van der Waals surface area contributed by atoms with E-state index in [9.17, 15) is 22.8 Å². The van der Waals surface area contributed by atoms with Crippen molar-refractivity contribution >= 4 is 27.6 Å². The summed E-state index contributed by atoms with van der Waals surface area (Å²) in [7, 11) is -3.12. The Morgan fingerprint density at radius 1 is 1.29 bits per heavy atom. The van der Waals surface area contributed by atoms with Crippen LogP contribution in [0.5, 0.6) is 0 Å². The molecule has 2 fully saturated rings. The number of nitrogens with zero attached hydrogens (tertiary/aromatic N) is 2. The molecule has 21 heavy (non-hydrogen) atoms. The Kier molecular flexibility index (Phi) is 4.62. The van der Waals surface area contributed by atoms with Crippen molar-refractivity contribution in [2.75, 3.05) is 31.1 Å². The number of likely N-dealkylation sites (tertiary alicyclic amines) is 1. The van der Waals surface area contributed by atoms with Crippen molar-refractivity contribution in [3.63, 3.8) is 0 Å². The van der Waals surface area contributed by atoms with E-state index in [0.29, 0.717) is 6.42 Å². The zero-order chi connectivity index (χ0) is 15.6. The van der Waals surface area contributed by atoms with Crippen molar-refractivity contribution in [2.24, 2.45) is 0 Å². The molecular weight excluding hydrogens is 300 g/mol. The Balaban J connectivity index is 1.98. The molecule has 8 nitrogen and oxygen atoms in total. The number of hydrogen-bond acceptors (Lipinski definition) is 6. The zero-order valence-corrected chi connectivity index (χ0v) is 12.3. The van der Waals surface area contributed by atoms with Gasteiger partial charge in [-0.25, -0.2) is 8.42 Å². The maximum Gasteiger partial charge on any atom is 0.317 e. The fourth-order valence-corrected chi connectivity index (χ4v) is 4.49. The highest BCUT2D eigenvalue weighted by Gasteiger charge is 2.34. The van der Waals surface area contributed by atoms with E-state index in [2.05, 4.69) is 0 Å². The van der Waals surface area contributed by atoms with E-state index < -0.39 is 15.8 Å². The lowest BCUT2D eigenvalue weighted by molar-refractivity contribution is -0.139. The van der Waals surface area contributed by atoms with E-state index in [0.717, 1.165) is 4.90 Å². The number of amides is 2. The van der Waals surface area contributed by atoms with Gasteiger partial charge < -0.3 is 5.11 Å². The van der Waals surface area contributed by atoms with Crippen molar-refractivity contribution in [3.05, 3.63) is 0 Å². The van der Waals surface area contributed by atoms with Gasteiger partial charge in [0.05, 0.1) is 18.1 Å². The fourth-order valence-electron chi connectivity index (χ4n) is 2.73. The van der Waals surface area contributed by atoms with E-state index in [1.54, 1.807) is 0 Å². The van der Waals surface area contributed by atoms with E-state index >= 15 is 0 Å². The highest BCUT2D eigenvalue weighted by Crippen LogP contribution is 2.18. The normalized spacial score (nSPS) is 25.0. The Morgan fingerprint density at radius 2 is 1.90 bits per heavy atom. The SMILES string of the molecule is O=C(O)CN(CCN1C(=O)CCC1=O)C1CCS(=O)(=O)C1. The summed E-state index contributed by atoms with van der Waals surface area (Å²) in [6.45, 7) is 0.00185. The van der Waals surface area contributed by atoms with Crippen molar-refractivity contribution in [1.29, 1.82) is 0 Å². The molecule has 0 aromatic carbocycles. The molecule has 0 aromatic rings. The summed E-state index contributed by atoms with van der Waals surface area (Å²) in [5.41, 5.74) is 0. The number of rotatable bonds is 6. The Hall–Kier alpha value is -1.48. The minimum Gasteiger partial charge on any atom is -0.480 e. The average molecular weight is 318 g/mol. The second kappa shape index (κ2) is 6.10. The number of carbonyl (C=O) groups is 3. The van der Waals surface area contributed by atoms with Gasteiger partial charge in [-0.05, 0) is 6.42 Å². The van der Waals surface area contributed by atoms with Gasteiger partial charge in [-0.1, -0.05) is 0 Å². The fraction of sp³-hybridized carbons (Fsp3) is 0.750. The van der Waals surface area contributed by atoms with E-state index in [4.69, 9.17) is 5.11 Å². The van der Waals surface area contributed by atoms with Crippen LogP contribution < -0.4 is 0 Å². The van der Waals surface area contributed by atoms with Crippen molar-refractivity contribution in [1.82, 2.24) is 9.80 Å². The molecule has 2 amide bonds. The minimum absolute atomic E-state index is 0.0510. The van der Waals surface area contributed by atoms with Crippen LogP contribution in [0.2, 0.25) is 0 Å². The lowest BCUT2D eigenvalue weighted by atomic mass is 10.2. The minimum atomic E-state index is -3.12. The van der Waals surface area contributed by atoms with Crippen LogP contribution in [-0.4, -0.2) is 78.3 Å². The third kappa shape index (κ3) is 4.01. The molecule has 1 unspecified atom stereocenters. The highest BCUT2D eigenvalue weighted by atomic mass is 32.2. The second-order valence-corrected chi connectivity index (χ2v) is 7.59. The van der Waals surface area contributed by atoms with Gasteiger partial charge in [0.15, 0.2) is 9.84 Å². The van der Waals surface area contributed by atoms with E-state index in [1.165, 1.54) is 4.90 Å². The summed E-state index contributed by atoms with van der Waals surface area (Å²) in [6, 6.07) is -0.362. The molecular formula is C12H18N2O6S. The number of hydrogen-bond donors (Lipinski definition) is 1. The topological polar surface area (TPSA) is 112 Å². The summed E-state index contributed by atoms with van der Waals surface area (Å²) in [5, 5.41) is 8.93. The third-order valence-corrected chi connectivity index (χ3v) is 5.58. The monoisotopic (exact) mass is 318 g/mol. The van der Waals surface area contributed by atoms with Gasteiger partial charge in [0.2, 0.25) is 11.8 Å². The predicted octanol–water partition coefficient (Wildman–Crippen LogP) is -1.29. The molecule has 0 aromatic heterocycles. The molecule has 2 heterocycles. The number of carboxylic acid groups (broad SMARTS) is 1. The summed E-state index contributed by atoms with van der Waals surface area (Å²) < 4.78 is 23.0. The van der Waals surface area contributed by atoms with E-state index in [1.807, 2.05) is 0 Å². The van der Waals surface area contributed by atoms with Crippen LogP contribution in [0.1, 0.15) is 19.3 Å². The van der Waals surface area contributed by atoms with Crippen LogP contribution in [-0.2, 0) is 24.2 Å². The molecule has 0 spiro atoms. The second-order valence-electron chi connectivity index (χ2n) is 5.36. The highest BCUT2D eigenvalue weighted by molar-refractivity contribution is 7.91. The van der Waals surface area contributed by atoms with Crippen LogP contribution >= 0.6 is 0 Å².